The van der Waals surface area contributed by atoms with E-state index in [1.807, 2.05) is 48.5 Å². The van der Waals surface area contributed by atoms with Crippen LogP contribution in [0.5, 0.6) is 0 Å². The summed E-state index contributed by atoms with van der Waals surface area (Å²) in [6, 6.07) is 15.5. The number of hydrogen-bond donors (Lipinski definition) is 0. The van der Waals surface area contributed by atoms with Crippen molar-refractivity contribution in [3.63, 3.8) is 0 Å². The van der Waals surface area contributed by atoms with E-state index in [0.29, 0.717) is 0 Å². The molecular weight excluding hydrogens is 302 g/mol. The molecule has 3 rings (SSSR count). The van der Waals surface area contributed by atoms with Crippen LogP contribution in [0, 0.1) is 0 Å². The number of nitrogens with zero attached hydrogens (tertiary/aromatic N) is 3. The lowest BCUT2D eigenvalue weighted by molar-refractivity contribution is 1.21. The van der Waals surface area contributed by atoms with Gasteiger partial charge >= 0.3 is 0 Å². The van der Waals surface area contributed by atoms with Gasteiger partial charge in [0.05, 0.1) is 17.1 Å². The minimum Gasteiger partial charge on any atom is -0.256 e. The Bertz CT molecular complexity index is 699. The average Bonchev–Trinajstić information content (AvgIpc) is 2.48. The molecule has 0 atom stereocenters. The van der Waals surface area contributed by atoms with Crippen LogP contribution in [0.3, 0.4) is 0 Å². The summed E-state index contributed by atoms with van der Waals surface area (Å²) in [6.45, 7) is 0. The molecule has 3 heterocycles. The Morgan fingerprint density at radius 3 is 2.37 bits per heavy atom. The highest BCUT2D eigenvalue weighted by Gasteiger charge is 2.10. The number of halogens is 1. The Morgan fingerprint density at radius 2 is 1.58 bits per heavy atom. The normalized spacial score (nSPS) is 10.4. The molecule has 3 aromatic heterocycles. The van der Waals surface area contributed by atoms with Crippen LogP contribution in [0.4, 0.5) is 0 Å². The fraction of sp³-hybridized carbons (Fsp3) is 0. The molecule has 0 aliphatic carbocycles. The number of rotatable bonds is 2. The van der Waals surface area contributed by atoms with E-state index in [9.17, 15) is 0 Å². The lowest BCUT2D eigenvalue weighted by Crippen LogP contribution is -1.92. The molecule has 0 saturated carbocycles. The van der Waals surface area contributed by atoms with Crippen LogP contribution in [-0.4, -0.2) is 15.0 Å². The lowest BCUT2D eigenvalue weighted by atomic mass is 10.1. The topological polar surface area (TPSA) is 38.7 Å². The average molecular weight is 312 g/mol. The fourth-order valence-corrected chi connectivity index (χ4v) is 2.22. The van der Waals surface area contributed by atoms with Gasteiger partial charge in [0, 0.05) is 18.0 Å². The van der Waals surface area contributed by atoms with Crippen LogP contribution >= 0.6 is 15.9 Å². The zero-order chi connectivity index (χ0) is 13.1. The molecule has 0 fully saturated rings. The van der Waals surface area contributed by atoms with E-state index < -0.39 is 0 Å². The SMILES string of the molecule is Brc1cccc(-c2ncccc2-c2ccccn2)n1. The molecule has 0 aromatic carbocycles. The van der Waals surface area contributed by atoms with Gasteiger partial charge in [-0.05, 0) is 52.3 Å². The van der Waals surface area contributed by atoms with E-state index in [-0.39, 0.29) is 0 Å². The third-order valence-electron chi connectivity index (χ3n) is 2.71. The van der Waals surface area contributed by atoms with Crippen molar-refractivity contribution in [1.29, 1.82) is 0 Å². The van der Waals surface area contributed by atoms with Crippen LogP contribution in [0.2, 0.25) is 0 Å². The Morgan fingerprint density at radius 1 is 0.737 bits per heavy atom. The molecule has 0 radical (unpaired) electrons. The number of hydrogen-bond acceptors (Lipinski definition) is 3. The van der Waals surface area contributed by atoms with Gasteiger partial charge in [0.15, 0.2) is 0 Å². The van der Waals surface area contributed by atoms with Gasteiger partial charge in [-0.1, -0.05) is 12.1 Å². The van der Waals surface area contributed by atoms with Crippen molar-refractivity contribution in [2.24, 2.45) is 0 Å². The van der Waals surface area contributed by atoms with Gasteiger partial charge in [-0.25, -0.2) is 4.98 Å². The summed E-state index contributed by atoms with van der Waals surface area (Å²) >= 11 is 3.39. The van der Waals surface area contributed by atoms with Gasteiger partial charge in [0.2, 0.25) is 0 Å². The molecule has 19 heavy (non-hydrogen) atoms. The molecule has 0 saturated heterocycles. The maximum Gasteiger partial charge on any atom is 0.106 e. The molecule has 0 unspecified atom stereocenters. The summed E-state index contributed by atoms with van der Waals surface area (Å²) < 4.78 is 0.794. The molecule has 3 aromatic rings. The second kappa shape index (κ2) is 5.28. The molecule has 0 aliphatic heterocycles. The highest BCUT2D eigenvalue weighted by Crippen LogP contribution is 2.27. The Hall–Kier alpha value is -2.07. The highest BCUT2D eigenvalue weighted by molar-refractivity contribution is 9.10. The number of aromatic nitrogens is 3. The van der Waals surface area contributed by atoms with Crippen LogP contribution in [0.15, 0.2) is 65.5 Å². The smallest absolute Gasteiger partial charge is 0.106 e. The van der Waals surface area contributed by atoms with Crippen molar-refractivity contribution in [2.75, 3.05) is 0 Å². The number of pyridine rings is 3. The van der Waals surface area contributed by atoms with Crippen LogP contribution in [0.1, 0.15) is 0 Å². The highest BCUT2D eigenvalue weighted by atomic mass is 79.9. The van der Waals surface area contributed by atoms with E-state index >= 15 is 0 Å². The molecule has 0 bridgehead atoms. The predicted molar refractivity (Wildman–Crippen MR) is 78.4 cm³/mol. The molecule has 0 aliphatic rings. The standard InChI is InChI=1S/C15H10BrN3/c16-14-8-3-7-13(19-14)15-11(5-4-10-18-15)12-6-1-2-9-17-12/h1-10H. The molecule has 0 N–H and O–H groups in total. The molecule has 92 valence electrons. The zero-order valence-electron chi connectivity index (χ0n) is 9.99. The molecular formula is C15H10BrN3. The molecule has 4 heteroatoms. The van der Waals surface area contributed by atoms with Gasteiger partial charge < -0.3 is 0 Å². The zero-order valence-corrected chi connectivity index (χ0v) is 11.6. The van der Waals surface area contributed by atoms with Crippen molar-refractivity contribution in [1.82, 2.24) is 15.0 Å². The van der Waals surface area contributed by atoms with Gasteiger partial charge in [0.25, 0.3) is 0 Å². The first-order chi connectivity index (χ1) is 9.34. The first-order valence-corrected chi connectivity index (χ1v) is 6.63. The van der Waals surface area contributed by atoms with Crippen LogP contribution < -0.4 is 0 Å². The van der Waals surface area contributed by atoms with Crippen molar-refractivity contribution in [2.45, 2.75) is 0 Å². The summed E-state index contributed by atoms with van der Waals surface area (Å²) in [5.41, 5.74) is 3.54. The van der Waals surface area contributed by atoms with E-state index in [4.69, 9.17) is 0 Å². The first-order valence-electron chi connectivity index (χ1n) is 5.84. The van der Waals surface area contributed by atoms with E-state index in [1.165, 1.54) is 0 Å². The second-order valence-electron chi connectivity index (χ2n) is 3.96. The minimum absolute atomic E-state index is 0.794. The van der Waals surface area contributed by atoms with Crippen molar-refractivity contribution in [3.05, 3.63) is 65.5 Å². The Kier molecular flexibility index (Phi) is 3.33. The predicted octanol–water partition coefficient (Wildman–Crippen LogP) is 3.97. The van der Waals surface area contributed by atoms with E-state index in [2.05, 4.69) is 30.9 Å². The van der Waals surface area contributed by atoms with Crippen LogP contribution in [0.25, 0.3) is 22.6 Å². The minimum atomic E-state index is 0.794. The molecule has 0 amide bonds. The Balaban J connectivity index is 2.18. The van der Waals surface area contributed by atoms with E-state index in [1.54, 1.807) is 12.4 Å². The summed E-state index contributed by atoms with van der Waals surface area (Å²) in [4.78, 5) is 13.3. The molecule has 3 nitrogen and oxygen atoms in total. The monoisotopic (exact) mass is 311 g/mol. The largest absolute Gasteiger partial charge is 0.256 e. The summed E-state index contributed by atoms with van der Waals surface area (Å²) in [5.74, 6) is 0. The summed E-state index contributed by atoms with van der Waals surface area (Å²) in [5, 5.41) is 0. The van der Waals surface area contributed by atoms with Crippen molar-refractivity contribution < 1.29 is 0 Å². The summed E-state index contributed by atoms with van der Waals surface area (Å²) in [7, 11) is 0. The maximum atomic E-state index is 4.46. The van der Waals surface area contributed by atoms with Gasteiger partial charge in [-0.3, -0.25) is 9.97 Å². The van der Waals surface area contributed by atoms with E-state index in [0.717, 1.165) is 27.2 Å². The second-order valence-corrected chi connectivity index (χ2v) is 4.77. The Labute approximate surface area is 119 Å². The van der Waals surface area contributed by atoms with Crippen molar-refractivity contribution in [3.8, 4) is 22.6 Å². The van der Waals surface area contributed by atoms with Crippen LogP contribution in [-0.2, 0) is 0 Å². The van der Waals surface area contributed by atoms with Gasteiger partial charge in [-0.2, -0.15) is 0 Å². The molecule has 0 spiro atoms. The van der Waals surface area contributed by atoms with Gasteiger partial charge in [-0.15, -0.1) is 0 Å². The first kappa shape index (κ1) is 12.0. The van der Waals surface area contributed by atoms with Crippen molar-refractivity contribution >= 4 is 15.9 Å². The third kappa shape index (κ3) is 2.53. The summed E-state index contributed by atoms with van der Waals surface area (Å²) in [6.07, 6.45) is 3.55. The van der Waals surface area contributed by atoms with Gasteiger partial charge in [0.1, 0.15) is 4.60 Å². The third-order valence-corrected chi connectivity index (χ3v) is 3.15. The lowest BCUT2D eigenvalue weighted by Gasteiger charge is -2.07. The fourth-order valence-electron chi connectivity index (χ4n) is 1.88. The quantitative estimate of drug-likeness (QED) is 0.672. The maximum absolute atomic E-state index is 4.46.